The molecule has 3 N–H and O–H groups in total. The molecular formula is C12H18NO7PS. The van der Waals surface area contributed by atoms with Crippen molar-refractivity contribution in [2.24, 2.45) is 0 Å². The highest BCUT2D eigenvalue weighted by atomic mass is 32.1. The fourth-order valence-corrected chi connectivity index (χ4v) is 2.34. The first kappa shape index (κ1) is 18.6. The summed E-state index contributed by atoms with van der Waals surface area (Å²) in [4.78, 5) is 40.5. The number of hydrogen-bond donors (Lipinski definition) is 3. The number of hydrogen-bond acceptors (Lipinski definition) is 6. The number of carbonyl (C=O) groups is 2. The van der Waals surface area contributed by atoms with Crippen LogP contribution >= 0.6 is 18.9 Å². The molecule has 0 aliphatic heterocycles. The topological polar surface area (TPSA) is 122 Å². The Hall–Kier alpha value is -1.41. The number of ether oxygens (including phenoxy) is 2. The van der Waals surface area contributed by atoms with E-state index in [1.165, 1.54) is 11.4 Å². The van der Waals surface area contributed by atoms with E-state index in [0.29, 0.717) is 5.00 Å². The Morgan fingerprint density at radius 3 is 2.55 bits per heavy atom. The average Bonchev–Trinajstić information content (AvgIpc) is 2.72. The van der Waals surface area contributed by atoms with Crippen molar-refractivity contribution in [3.05, 3.63) is 17.0 Å². The molecule has 0 saturated heterocycles. The van der Waals surface area contributed by atoms with Crippen LogP contribution in [0.1, 0.15) is 31.1 Å². The van der Waals surface area contributed by atoms with E-state index in [9.17, 15) is 14.2 Å². The Labute approximate surface area is 131 Å². The van der Waals surface area contributed by atoms with Crippen molar-refractivity contribution in [1.29, 1.82) is 0 Å². The molecule has 1 rings (SSSR count). The largest absolute Gasteiger partial charge is 0.461 e. The molecule has 1 aromatic heterocycles. The van der Waals surface area contributed by atoms with Gasteiger partial charge in [0, 0.05) is 5.38 Å². The summed E-state index contributed by atoms with van der Waals surface area (Å²) < 4.78 is 20.4. The normalized spacial score (nSPS) is 11.9. The standard InChI is InChI=1S/C12H18NO7PS/c1-12(2,3)20-11(15)13-9-6-8(7-22-9)10(14)19-4-5-21(16,17)18/h6-7H,4-5H2,1-3H3,(H,13,15)(H2,16,17,18). The lowest BCUT2D eigenvalue weighted by Crippen LogP contribution is -2.26. The fourth-order valence-electron chi connectivity index (χ4n) is 1.25. The summed E-state index contributed by atoms with van der Waals surface area (Å²) >= 11 is 1.10. The van der Waals surface area contributed by atoms with Gasteiger partial charge in [0.1, 0.15) is 12.2 Å². The molecule has 1 amide bonds. The maximum absolute atomic E-state index is 11.6. The fraction of sp³-hybridized carbons (Fsp3) is 0.500. The molecule has 0 unspecified atom stereocenters. The molecule has 0 spiro atoms. The van der Waals surface area contributed by atoms with Gasteiger partial charge in [0.25, 0.3) is 0 Å². The number of carbonyl (C=O) groups excluding carboxylic acids is 2. The van der Waals surface area contributed by atoms with Crippen LogP contribution in [0.2, 0.25) is 0 Å². The first-order valence-corrected chi connectivity index (χ1v) is 8.94. The van der Waals surface area contributed by atoms with Crippen molar-refractivity contribution in [1.82, 2.24) is 0 Å². The summed E-state index contributed by atoms with van der Waals surface area (Å²) in [6, 6.07) is 1.40. The van der Waals surface area contributed by atoms with Crippen LogP contribution in [-0.4, -0.2) is 40.2 Å². The van der Waals surface area contributed by atoms with E-state index in [2.05, 4.69) is 5.32 Å². The lowest BCUT2D eigenvalue weighted by molar-refractivity contribution is 0.0525. The van der Waals surface area contributed by atoms with Gasteiger partial charge < -0.3 is 19.3 Å². The first-order valence-electron chi connectivity index (χ1n) is 6.26. The number of nitrogens with one attached hydrogen (secondary N) is 1. The third-order valence-electron chi connectivity index (χ3n) is 2.08. The van der Waals surface area contributed by atoms with Crippen LogP contribution in [-0.2, 0) is 14.0 Å². The molecule has 0 atom stereocenters. The third-order valence-corrected chi connectivity index (χ3v) is 3.69. The number of rotatable bonds is 5. The van der Waals surface area contributed by atoms with E-state index in [0.717, 1.165) is 11.3 Å². The zero-order valence-corrected chi connectivity index (χ0v) is 14.1. The van der Waals surface area contributed by atoms with Gasteiger partial charge in [-0.15, -0.1) is 11.3 Å². The molecule has 8 nitrogen and oxygen atoms in total. The zero-order valence-electron chi connectivity index (χ0n) is 12.4. The van der Waals surface area contributed by atoms with Crippen LogP contribution < -0.4 is 5.32 Å². The van der Waals surface area contributed by atoms with Crippen molar-refractivity contribution in [3.8, 4) is 0 Å². The van der Waals surface area contributed by atoms with E-state index in [1.54, 1.807) is 20.8 Å². The van der Waals surface area contributed by atoms with Crippen molar-refractivity contribution < 1.29 is 33.4 Å². The summed E-state index contributed by atoms with van der Waals surface area (Å²) in [6.07, 6.45) is -1.18. The molecule has 0 aromatic carbocycles. The van der Waals surface area contributed by atoms with Crippen LogP contribution in [0.4, 0.5) is 9.80 Å². The molecule has 0 saturated carbocycles. The second-order valence-electron chi connectivity index (χ2n) is 5.35. The van der Waals surface area contributed by atoms with Gasteiger partial charge in [0.05, 0.1) is 16.7 Å². The zero-order chi connectivity index (χ0) is 17.0. The third kappa shape index (κ3) is 7.56. The Kier molecular flexibility index (Phi) is 6.13. The quantitative estimate of drug-likeness (QED) is 0.550. The van der Waals surface area contributed by atoms with Crippen LogP contribution in [0, 0.1) is 0 Å². The van der Waals surface area contributed by atoms with Gasteiger partial charge in [-0.2, -0.15) is 0 Å². The highest BCUT2D eigenvalue weighted by Gasteiger charge is 2.18. The lowest BCUT2D eigenvalue weighted by Gasteiger charge is -2.19. The van der Waals surface area contributed by atoms with Gasteiger partial charge in [-0.1, -0.05) is 0 Å². The highest BCUT2D eigenvalue weighted by molar-refractivity contribution is 7.51. The molecule has 0 radical (unpaired) electrons. The minimum absolute atomic E-state index is 0.182. The predicted molar refractivity (Wildman–Crippen MR) is 81.4 cm³/mol. The van der Waals surface area contributed by atoms with Gasteiger partial charge in [0.2, 0.25) is 0 Å². The monoisotopic (exact) mass is 351 g/mol. The van der Waals surface area contributed by atoms with Gasteiger partial charge >= 0.3 is 19.7 Å². The summed E-state index contributed by atoms with van der Waals surface area (Å²) in [5.41, 5.74) is -0.451. The van der Waals surface area contributed by atoms with E-state index >= 15 is 0 Å². The minimum Gasteiger partial charge on any atom is -0.461 e. The van der Waals surface area contributed by atoms with E-state index in [-0.39, 0.29) is 12.2 Å². The van der Waals surface area contributed by atoms with Gasteiger partial charge in [-0.05, 0) is 26.8 Å². The smallest absolute Gasteiger partial charge is 0.412 e. The Morgan fingerprint density at radius 1 is 1.36 bits per heavy atom. The molecule has 124 valence electrons. The molecular weight excluding hydrogens is 333 g/mol. The predicted octanol–water partition coefficient (Wildman–Crippen LogP) is 2.43. The molecule has 0 bridgehead atoms. The average molecular weight is 351 g/mol. The Bertz CT molecular complexity index is 587. The second-order valence-corrected chi connectivity index (χ2v) is 8.04. The first-order chi connectivity index (χ1) is 9.96. The molecule has 22 heavy (non-hydrogen) atoms. The van der Waals surface area contributed by atoms with Crippen LogP contribution in [0.25, 0.3) is 0 Å². The van der Waals surface area contributed by atoms with Crippen LogP contribution in [0.15, 0.2) is 11.4 Å². The van der Waals surface area contributed by atoms with Gasteiger partial charge in [0.15, 0.2) is 0 Å². The van der Waals surface area contributed by atoms with Crippen LogP contribution in [0.3, 0.4) is 0 Å². The molecule has 1 aromatic rings. The highest BCUT2D eigenvalue weighted by Crippen LogP contribution is 2.33. The summed E-state index contributed by atoms with van der Waals surface area (Å²) in [7, 11) is -4.20. The minimum atomic E-state index is -4.20. The van der Waals surface area contributed by atoms with E-state index in [1.807, 2.05) is 0 Å². The van der Waals surface area contributed by atoms with Gasteiger partial charge in [-0.25, -0.2) is 9.59 Å². The number of thiophene rings is 1. The second kappa shape index (κ2) is 7.23. The maximum atomic E-state index is 11.6. The molecule has 10 heteroatoms. The van der Waals surface area contributed by atoms with Gasteiger partial charge in [-0.3, -0.25) is 9.88 Å². The van der Waals surface area contributed by atoms with Crippen molar-refractivity contribution in [2.75, 3.05) is 18.1 Å². The summed E-state index contributed by atoms with van der Waals surface area (Å²) in [6.45, 7) is 4.80. The number of amides is 1. The summed E-state index contributed by atoms with van der Waals surface area (Å²) in [5, 5.41) is 4.34. The molecule has 0 fully saturated rings. The van der Waals surface area contributed by atoms with Crippen LogP contribution in [0.5, 0.6) is 0 Å². The molecule has 0 aliphatic rings. The van der Waals surface area contributed by atoms with E-state index in [4.69, 9.17) is 19.3 Å². The maximum Gasteiger partial charge on any atom is 0.412 e. The van der Waals surface area contributed by atoms with Crippen molar-refractivity contribution in [3.63, 3.8) is 0 Å². The Morgan fingerprint density at radius 2 is 2.00 bits per heavy atom. The van der Waals surface area contributed by atoms with Crippen molar-refractivity contribution in [2.45, 2.75) is 26.4 Å². The van der Waals surface area contributed by atoms with Crippen molar-refractivity contribution >= 4 is 36.0 Å². The molecule has 0 aliphatic carbocycles. The SMILES string of the molecule is CC(C)(C)OC(=O)Nc1cc(C(=O)OCCP(=O)(O)O)cs1. The lowest BCUT2D eigenvalue weighted by atomic mass is 10.2. The summed E-state index contributed by atoms with van der Waals surface area (Å²) in [5.74, 6) is -0.720. The number of esters is 1. The number of anilines is 1. The Balaban J connectivity index is 2.51. The molecule has 1 heterocycles. The van der Waals surface area contributed by atoms with E-state index < -0.39 is 31.4 Å².